The lowest BCUT2D eigenvalue weighted by atomic mass is 10.0. The number of aromatic amines is 1. The first-order valence-electron chi connectivity index (χ1n) is 7.91. The van der Waals surface area contributed by atoms with E-state index >= 15 is 0 Å². The Hall–Kier alpha value is -3.41. The van der Waals surface area contributed by atoms with E-state index in [2.05, 4.69) is 15.5 Å². The lowest BCUT2D eigenvalue weighted by Crippen LogP contribution is -2.10. The van der Waals surface area contributed by atoms with Crippen molar-refractivity contribution in [3.05, 3.63) is 64.6 Å². The SMILES string of the molecule is CC(=O)Nc1ccc(-c2ccc3c(C)cc4n[nH]c(=O)n4c3c2)cc1. The molecule has 0 aliphatic heterocycles. The van der Waals surface area contributed by atoms with Crippen molar-refractivity contribution >= 4 is 28.1 Å². The zero-order valence-corrected chi connectivity index (χ0v) is 13.8. The second-order valence-corrected chi connectivity index (χ2v) is 6.04. The molecule has 6 nitrogen and oxygen atoms in total. The van der Waals surface area contributed by atoms with E-state index in [9.17, 15) is 9.59 Å². The van der Waals surface area contributed by atoms with Crippen LogP contribution in [-0.4, -0.2) is 20.5 Å². The molecule has 0 aliphatic rings. The standard InChI is InChI=1S/C19H16N4O2/c1-11-9-18-21-22-19(25)23(18)17-10-14(5-8-16(11)17)13-3-6-15(7-4-13)20-12(2)24/h3-10H,1-2H3,(H,20,24)(H,22,25). The number of anilines is 1. The largest absolute Gasteiger partial charge is 0.348 e. The van der Waals surface area contributed by atoms with Gasteiger partial charge in [0.05, 0.1) is 5.52 Å². The van der Waals surface area contributed by atoms with Crippen LogP contribution in [0.5, 0.6) is 0 Å². The zero-order chi connectivity index (χ0) is 17.6. The molecule has 0 atom stereocenters. The number of rotatable bonds is 2. The number of carbonyl (C=O) groups excluding carboxylic acids is 1. The molecule has 2 N–H and O–H groups in total. The monoisotopic (exact) mass is 332 g/mol. The lowest BCUT2D eigenvalue weighted by molar-refractivity contribution is -0.114. The van der Waals surface area contributed by atoms with Gasteiger partial charge in [-0.05, 0) is 47.9 Å². The molecule has 6 heteroatoms. The number of aromatic nitrogens is 3. The molecular weight excluding hydrogens is 316 g/mol. The summed E-state index contributed by atoms with van der Waals surface area (Å²) in [5, 5.41) is 10.3. The van der Waals surface area contributed by atoms with Crippen molar-refractivity contribution in [2.24, 2.45) is 0 Å². The maximum atomic E-state index is 12.1. The predicted octanol–water partition coefficient (Wildman–Crippen LogP) is 3.11. The van der Waals surface area contributed by atoms with Gasteiger partial charge >= 0.3 is 5.69 Å². The molecule has 25 heavy (non-hydrogen) atoms. The van der Waals surface area contributed by atoms with Gasteiger partial charge in [-0.25, -0.2) is 14.3 Å². The normalized spacial score (nSPS) is 11.1. The molecule has 2 aromatic heterocycles. The molecule has 0 radical (unpaired) electrons. The van der Waals surface area contributed by atoms with Gasteiger partial charge in [0.2, 0.25) is 5.91 Å². The Morgan fingerprint density at radius 2 is 1.80 bits per heavy atom. The quantitative estimate of drug-likeness (QED) is 0.592. The Kier molecular flexibility index (Phi) is 3.39. The number of nitrogens with zero attached hydrogens (tertiary/aromatic N) is 2. The van der Waals surface area contributed by atoms with Gasteiger partial charge in [0.1, 0.15) is 0 Å². The number of fused-ring (bicyclic) bond motifs is 3. The highest BCUT2D eigenvalue weighted by Gasteiger charge is 2.09. The van der Waals surface area contributed by atoms with Crippen molar-refractivity contribution < 1.29 is 4.79 Å². The molecule has 0 saturated heterocycles. The average Bonchev–Trinajstić information content (AvgIpc) is 2.96. The second-order valence-electron chi connectivity index (χ2n) is 6.04. The van der Waals surface area contributed by atoms with Crippen LogP contribution >= 0.6 is 0 Å². The number of benzene rings is 2. The Balaban J connectivity index is 1.88. The molecule has 2 heterocycles. The summed E-state index contributed by atoms with van der Waals surface area (Å²) in [4.78, 5) is 23.2. The molecule has 4 rings (SSSR count). The number of amides is 1. The van der Waals surface area contributed by atoms with Crippen LogP contribution in [0.2, 0.25) is 0 Å². The minimum Gasteiger partial charge on any atom is -0.326 e. The fourth-order valence-corrected chi connectivity index (χ4v) is 3.09. The summed E-state index contributed by atoms with van der Waals surface area (Å²) in [7, 11) is 0. The summed E-state index contributed by atoms with van der Waals surface area (Å²) >= 11 is 0. The molecule has 2 aromatic carbocycles. The van der Waals surface area contributed by atoms with Crippen LogP contribution in [0.3, 0.4) is 0 Å². The number of nitrogens with one attached hydrogen (secondary N) is 2. The molecule has 0 bridgehead atoms. The van der Waals surface area contributed by atoms with Crippen LogP contribution in [0.4, 0.5) is 5.69 Å². The van der Waals surface area contributed by atoms with Gasteiger partial charge in [0, 0.05) is 18.0 Å². The van der Waals surface area contributed by atoms with E-state index in [4.69, 9.17) is 0 Å². The van der Waals surface area contributed by atoms with Gasteiger partial charge in [-0.3, -0.25) is 4.79 Å². The van der Waals surface area contributed by atoms with E-state index in [1.807, 2.05) is 55.5 Å². The molecule has 0 fully saturated rings. The Bertz CT molecular complexity index is 1170. The van der Waals surface area contributed by atoms with E-state index in [0.717, 1.165) is 33.3 Å². The van der Waals surface area contributed by atoms with Crippen molar-refractivity contribution in [1.82, 2.24) is 14.6 Å². The number of aryl methyl sites for hydroxylation is 1. The highest BCUT2D eigenvalue weighted by molar-refractivity contribution is 5.90. The van der Waals surface area contributed by atoms with Gasteiger partial charge < -0.3 is 5.32 Å². The lowest BCUT2D eigenvalue weighted by Gasteiger charge is -2.09. The molecule has 0 unspecified atom stereocenters. The summed E-state index contributed by atoms with van der Waals surface area (Å²) in [5.74, 6) is -0.101. The maximum absolute atomic E-state index is 12.1. The minimum atomic E-state index is -0.252. The third kappa shape index (κ3) is 2.57. The highest BCUT2D eigenvalue weighted by atomic mass is 16.2. The van der Waals surface area contributed by atoms with Crippen LogP contribution in [-0.2, 0) is 4.79 Å². The third-order valence-electron chi connectivity index (χ3n) is 4.25. The van der Waals surface area contributed by atoms with E-state index in [0.29, 0.717) is 5.65 Å². The maximum Gasteiger partial charge on any atom is 0.348 e. The number of H-pyrrole nitrogens is 1. The van der Waals surface area contributed by atoms with Gasteiger partial charge in [-0.1, -0.05) is 24.3 Å². The molecule has 0 aliphatic carbocycles. The molecule has 4 aromatic rings. The van der Waals surface area contributed by atoms with E-state index in [1.165, 1.54) is 6.92 Å². The Labute approximate surface area is 143 Å². The van der Waals surface area contributed by atoms with E-state index in [1.54, 1.807) is 4.40 Å². The van der Waals surface area contributed by atoms with Crippen molar-refractivity contribution in [2.75, 3.05) is 5.32 Å². The number of hydrogen-bond acceptors (Lipinski definition) is 3. The van der Waals surface area contributed by atoms with Gasteiger partial charge in [0.25, 0.3) is 0 Å². The second kappa shape index (κ2) is 5.59. The highest BCUT2D eigenvalue weighted by Crippen LogP contribution is 2.27. The van der Waals surface area contributed by atoms with Crippen LogP contribution in [0.25, 0.3) is 27.7 Å². The van der Waals surface area contributed by atoms with Crippen molar-refractivity contribution in [3.63, 3.8) is 0 Å². The van der Waals surface area contributed by atoms with E-state index in [-0.39, 0.29) is 11.6 Å². The summed E-state index contributed by atoms with van der Waals surface area (Å²) in [6, 6.07) is 15.5. The summed E-state index contributed by atoms with van der Waals surface area (Å²) < 4.78 is 1.58. The number of hydrogen-bond donors (Lipinski definition) is 2. The fraction of sp³-hybridized carbons (Fsp3) is 0.105. The van der Waals surface area contributed by atoms with Crippen LogP contribution in [0.15, 0.2) is 53.3 Å². The summed E-state index contributed by atoms with van der Waals surface area (Å²) in [6.45, 7) is 3.48. The van der Waals surface area contributed by atoms with Gasteiger partial charge in [-0.15, -0.1) is 0 Å². The summed E-state index contributed by atoms with van der Waals surface area (Å²) in [5.41, 5.74) is 4.97. The topological polar surface area (TPSA) is 79.3 Å². The third-order valence-corrected chi connectivity index (χ3v) is 4.25. The molecule has 0 saturated carbocycles. The van der Waals surface area contributed by atoms with Crippen molar-refractivity contribution in [3.8, 4) is 11.1 Å². The average molecular weight is 332 g/mol. The smallest absolute Gasteiger partial charge is 0.326 e. The number of pyridine rings is 1. The number of carbonyl (C=O) groups is 1. The van der Waals surface area contributed by atoms with Crippen LogP contribution < -0.4 is 11.0 Å². The first kappa shape index (κ1) is 15.1. The summed E-state index contributed by atoms with van der Waals surface area (Å²) in [6.07, 6.45) is 0. The minimum absolute atomic E-state index is 0.101. The predicted molar refractivity (Wildman–Crippen MR) is 97.8 cm³/mol. The van der Waals surface area contributed by atoms with Gasteiger partial charge in [-0.2, -0.15) is 5.10 Å². The first-order valence-corrected chi connectivity index (χ1v) is 7.91. The van der Waals surface area contributed by atoms with Crippen LogP contribution in [0, 0.1) is 6.92 Å². The van der Waals surface area contributed by atoms with Crippen molar-refractivity contribution in [2.45, 2.75) is 13.8 Å². The first-order chi connectivity index (χ1) is 12.0. The Morgan fingerprint density at radius 3 is 2.52 bits per heavy atom. The Morgan fingerprint density at radius 1 is 1.08 bits per heavy atom. The van der Waals surface area contributed by atoms with Crippen molar-refractivity contribution in [1.29, 1.82) is 0 Å². The van der Waals surface area contributed by atoms with Crippen LogP contribution in [0.1, 0.15) is 12.5 Å². The zero-order valence-electron chi connectivity index (χ0n) is 13.8. The molecule has 1 amide bonds. The molecular formula is C19H16N4O2. The fourth-order valence-electron chi connectivity index (χ4n) is 3.09. The molecule has 124 valence electrons. The van der Waals surface area contributed by atoms with E-state index < -0.39 is 0 Å². The van der Waals surface area contributed by atoms with Gasteiger partial charge in [0.15, 0.2) is 5.65 Å². The molecule has 0 spiro atoms.